The largest absolute Gasteiger partial charge is 0.463 e. The number of ether oxygens (including phenoxy) is 4. The van der Waals surface area contributed by atoms with Crippen molar-refractivity contribution in [1.29, 1.82) is 0 Å². The van der Waals surface area contributed by atoms with E-state index in [9.17, 15) is 13.2 Å². The fourth-order valence-corrected chi connectivity index (χ4v) is 4.30. The van der Waals surface area contributed by atoms with Crippen LogP contribution in [0.2, 0.25) is 0 Å². The number of rotatable bonds is 7. The number of hydrogen-bond acceptors (Lipinski definition) is 9. The van der Waals surface area contributed by atoms with Crippen LogP contribution < -0.4 is 0 Å². The lowest BCUT2D eigenvalue weighted by Gasteiger charge is -2.33. The molecule has 0 aromatic heterocycles. The van der Waals surface area contributed by atoms with Gasteiger partial charge in [0, 0.05) is 11.8 Å². The summed E-state index contributed by atoms with van der Waals surface area (Å²) in [5.74, 6) is -1.63. The van der Waals surface area contributed by atoms with E-state index in [1.807, 2.05) is 6.92 Å². The Morgan fingerprint density at radius 3 is 2.47 bits per heavy atom. The Kier molecular flexibility index (Phi) is 6.10. The Labute approximate surface area is 173 Å². The van der Waals surface area contributed by atoms with Crippen molar-refractivity contribution in [2.24, 2.45) is 5.11 Å². The van der Waals surface area contributed by atoms with Gasteiger partial charge in [-0.05, 0) is 38.4 Å². The number of benzene rings is 1. The first-order valence-corrected chi connectivity index (χ1v) is 10.6. The summed E-state index contributed by atoms with van der Waals surface area (Å²) in [4.78, 5) is 14.2. The van der Waals surface area contributed by atoms with E-state index in [0.29, 0.717) is 0 Å². The summed E-state index contributed by atoms with van der Waals surface area (Å²) >= 11 is 0. The number of hydrogen-bond donors (Lipinski definition) is 0. The summed E-state index contributed by atoms with van der Waals surface area (Å²) in [5.41, 5.74) is 8.32. The molecule has 2 saturated heterocycles. The minimum atomic E-state index is -4.16. The molecule has 1 aromatic carbocycles. The average molecular weight is 441 g/mol. The summed E-state index contributed by atoms with van der Waals surface area (Å²) in [7, 11) is -4.16. The van der Waals surface area contributed by atoms with Gasteiger partial charge in [0.15, 0.2) is 12.1 Å². The second kappa shape index (κ2) is 8.14. The number of aryl methyl sites for hydroxylation is 1. The molecule has 12 heteroatoms. The van der Waals surface area contributed by atoms with E-state index in [0.717, 1.165) is 5.56 Å². The molecular weight excluding hydrogens is 418 g/mol. The third-order valence-electron chi connectivity index (χ3n) is 4.75. The molecule has 3 rings (SSSR count). The van der Waals surface area contributed by atoms with Crippen LogP contribution in [0.4, 0.5) is 0 Å². The van der Waals surface area contributed by atoms with Crippen LogP contribution in [0, 0.1) is 6.92 Å². The van der Waals surface area contributed by atoms with Crippen molar-refractivity contribution in [1.82, 2.24) is 0 Å². The predicted octanol–water partition coefficient (Wildman–Crippen LogP) is 2.19. The molecule has 0 radical (unpaired) electrons. The Bertz CT molecular complexity index is 958. The second-order valence-corrected chi connectivity index (χ2v) is 9.23. The fourth-order valence-electron chi connectivity index (χ4n) is 3.34. The van der Waals surface area contributed by atoms with Gasteiger partial charge in [-0.25, -0.2) is 0 Å². The van der Waals surface area contributed by atoms with Crippen LogP contribution in [-0.2, 0) is 38.0 Å². The number of esters is 1. The molecule has 1 aromatic rings. The Balaban J connectivity index is 1.89. The highest BCUT2D eigenvalue weighted by molar-refractivity contribution is 7.86. The van der Waals surface area contributed by atoms with E-state index in [2.05, 4.69) is 10.0 Å². The van der Waals surface area contributed by atoms with Gasteiger partial charge in [0.25, 0.3) is 10.1 Å². The SMILES string of the molecule is CC(=O)OC[C@]1(COS(=O)(=O)c2ccc(C)cc2)O[C@@H]2OC(C)(C)O[C@@H]2[C@@H]1N=[N+]=[N-]. The monoisotopic (exact) mass is 441 g/mol. The maximum Gasteiger partial charge on any atom is 0.302 e. The molecule has 164 valence electrons. The number of carbonyl (C=O) groups excluding carboxylic acids is 1. The lowest BCUT2D eigenvalue weighted by Crippen LogP contribution is -2.51. The molecule has 0 aliphatic carbocycles. The summed E-state index contributed by atoms with van der Waals surface area (Å²) < 4.78 is 52.9. The molecule has 11 nitrogen and oxygen atoms in total. The van der Waals surface area contributed by atoms with Crippen molar-refractivity contribution in [2.45, 2.75) is 62.4 Å². The lowest BCUT2D eigenvalue weighted by atomic mass is 9.95. The van der Waals surface area contributed by atoms with Gasteiger partial charge in [0.05, 0.1) is 11.5 Å². The molecule has 0 amide bonds. The van der Waals surface area contributed by atoms with Gasteiger partial charge in [-0.15, -0.1) is 0 Å². The van der Waals surface area contributed by atoms with Crippen molar-refractivity contribution in [3.63, 3.8) is 0 Å². The van der Waals surface area contributed by atoms with Crippen LogP contribution >= 0.6 is 0 Å². The zero-order chi connectivity index (χ0) is 22.2. The van der Waals surface area contributed by atoms with Crippen molar-refractivity contribution in [2.75, 3.05) is 13.2 Å². The number of nitrogens with zero attached hydrogens (tertiary/aromatic N) is 3. The van der Waals surface area contributed by atoms with E-state index in [1.165, 1.54) is 19.1 Å². The van der Waals surface area contributed by atoms with Gasteiger partial charge in [-0.3, -0.25) is 8.98 Å². The van der Waals surface area contributed by atoms with Crippen LogP contribution in [0.1, 0.15) is 26.3 Å². The highest BCUT2D eigenvalue weighted by Gasteiger charge is 2.62. The molecule has 30 heavy (non-hydrogen) atoms. The van der Waals surface area contributed by atoms with Crippen LogP contribution in [0.25, 0.3) is 10.4 Å². The van der Waals surface area contributed by atoms with Crippen LogP contribution in [-0.4, -0.2) is 57.4 Å². The molecule has 4 atom stereocenters. The summed E-state index contributed by atoms with van der Waals surface area (Å²) in [6.07, 6.45) is -1.80. The van der Waals surface area contributed by atoms with Crippen LogP contribution in [0.15, 0.2) is 34.3 Å². The van der Waals surface area contributed by atoms with E-state index in [4.69, 9.17) is 28.7 Å². The maximum absolute atomic E-state index is 12.6. The molecular formula is C18H23N3O8S. The zero-order valence-electron chi connectivity index (χ0n) is 17.0. The second-order valence-electron chi connectivity index (χ2n) is 7.61. The lowest BCUT2D eigenvalue weighted by molar-refractivity contribution is -0.239. The highest BCUT2D eigenvalue weighted by atomic mass is 32.2. The van der Waals surface area contributed by atoms with Crippen molar-refractivity contribution in [3.05, 3.63) is 40.3 Å². The molecule has 2 fully saturated rings. The van der Waals surface area contributed by atoms with Crippen molar-refractivity contribution >= 4 is 16.1 Å². The first kappa shape index (κ1) is 22.5. The molecule has 2 heterocycles. The molecule has 0 spiro atoms. The van der Waals surface area contributed by atoms with E-state index >= 15 is 0 Å². The zero-order valence-corrected chi connectivity index (χ0v) is 17.8. The Hall–Kier alpha value is -2.21. The molecule has 2 aliphatic heterocycles. The minimum absolute atomic E-state index is 0.0529. The van der Waals surface area contributed by atoms with E-state index < -0.39 is 59.1 Å². The molecule has 0 bridgehead atoms. The van der Waals surface area contributed by atoms with Gasteiger partial charge in [0.1, 0.15) is 24.4 Å². The summed E-state index contributed by atoms with van der Waals surface area (Å²) in [6.45, 7) is 5.33. The smallest absolute Gasteiger partial charge is 0.302 e. The predicted molar refractivity (Wildman–Crippen MR) is 102 cm³/mol. The Morgan fingerprint density at radius 2 is 1.87 bits per heavy atom. The van der Waals surface area contributed by atoms with Gasteiger partial charge in [0.2, 0.25) is 0 Å². The van der Waals surface area contributed by atoms with Crippen LogP contribution in [0.5, 0.6) is 0 Å². The van der Waals surface area contributed by atoms with Gasteiger partial charge in [-0.2, -0.15) is 8.42 Å². The molecule has 2 aliphatic rings. The number of azide groups is 1. The van der Waals surface area contributed by atoms with E-state index in [-0.39, 0.29) is 4.90 Å². The van der Waals surface area contributed by atoms with Crippen molar-refractivity contribution in [3.8, 4) is 0 Å². The molecule has 0 unspecified atom stereocenters. The van der Waals surface area contributed by atoms with Crippen molar-refractivity contribution < 1.29 is 36.3 Å². The number of carbonyl (C=O) groups is 1. The standard InChI is InChI=1S/C18H23N3O8S/c1-11-5-7-13(8-6-11)30(23,24)26-10-18(9-25-12(2)22)15(20-21-19)14-16(29-18)28-17(3,4)27-14/h5-8,14-16H,9-10H2,1-4H3/t14-,15+,16+,18-/m1/s1. The molecule has 0 N–H and O–H groups in total. The minimum Gasteiger partial charge on any atom is -0.463 e. The van der Waals surface area contributed by atoms with E-state index in [1.54, 1.807) is 26.0 Å². The highest BCUT2D eigenvalue weighted by Crippen LogP contribution is 2.44. The first-order valence-electron chi connectivity index (χ1n) is 9.15. The quantitative estimate of drug-likeness (QED) is 0.206. The topological polar surface area (TPSA) is 146 Å². The van der Waals surface area contributed by atoms with Gasteiger partial charge >= 0.3 is 5.97 Å². The van der Waals surface area contributed by atoms with Gasteiger partial charge in [-0.1, -0.05) is 22.8 Å². The maximum atomic E-state index is 12.6. The fraction of sp³-hybridized carbons (Fsp3) is 0.611. The summed E-state index contributed by atoms with van der Waals surface area (Å²) in [5, 5.41) is 3.73. The third kappa shape index (κ3) is 4.59. The first-order chi connectivity index (χ1) is 14.0. The summed E-state index contributed by atoms with van der Waals surface area (Å²) in [6, 6.07) is 5.02. The van der Waals surface area contributed by atoms with Gasteiger partial charge < -0.3 is 18.9 Å². The molecule has 0 saturated carbocycles. The average Bonchev–Trinajstić information content (AvgIpc) is 3.09. The number of fused-ring (bicyclic) bond motifs is 1. The third-order valence-corrected chi connectivity index (χ3v) is 6.03. The van der Waals surface area contributed by atoms with Crippen LogP contribution in [0.3, 0.4) is 0 Å². The Morgan fingerprint density at radius 1 is 1.20 bits per heavy atom. The normalized spacial score (nSPS) is 29.8.